The molecule has 2 unspecified atom stereocenters. The molecule has 4 nitrogen and oxygen atoms in total. The van der Waals surface area contributed by atoms with Gasteiger partial charge in [0.1, 0.15) is 10.9 Å². The molecule has 1 saturated heterocycles. The van der Waals surface area contributed by atoms with E-state index in [9.17, 15) is 0 Å². The fourth-order valence-corrected chi connectivity index (χ4v) is 3.11. The maximum absolute atomic E-state index is 8.83. The second-order valence-electron chi connectivity index (χ2n) is 4.23. The van der Waals surface area contributed by atoms with Gasteiger partial charge in [0.15, 0.2) is 10.3 Å². The van der Waals surface area contributed by atoms with Crippen molar-refractivity contribution in [2.45, 2.75) is 19.4 Å². The molecule has 1 aliphatic heterocycles. The summed E-state index contributed by atoms with van der Waals surface area (Å²) in [5.41, 5.74) is 5.97. The summed E-state index contributed by atoms with van der Waals surface area (Å²) in [6, 6.07) is 2.22. The summed E-state index contributed by atoms with van der Waals surface area (Å²) >= 11 is 7.19. The molecule has 0 aliphatic carbocycles. The Bertz CT molecular complexity index is 415. The molecule has 0 saturated carbocycles. The standard InChI is InChI=1S/C10H13ClN4S/c1-6-2-7(13)5-15(4-6)10-14-9(11)8(3-12)16-10/h6-7H,2,4-5,13H2,1H3. The lowest BCUT2D eigenvalue weighted by Crippen LogP contribution is -2.46. The van der Waals surface area contributed by atoms with Crippen molar-refractivity contribution in [3.63, 3.8) is 0 Å². The van der Waals surface area contributed by atoms with Crippen LogP contribution < -0.4 is 10.6 Å². The molecule has 0 spiro atoms. The van der Waals surface area contributed by atoms with Crippen LogP contribution in [0.3, 0.4) is 0 Å². The molecule has 2 heterocycles. The highest BCUT2D eigenvalue weighted by Crippen LogP contribution is 2.31. The van der Waals surface area contributed by atoms with Gasteiger partial charge in [-0.25, -0.2) is 4.98 Å². The Kier molecular flexibility index (Phi) is 3.33. The molecular weight excluding hydrogens is 244 g/mol. The number of nitrogens with zero attached hydrogens (tertiary/aromatic N) is 3. The van der Waals surface area contributed by atoms with Crippen molar-refractivity contribution in [3.05, 3.63) is 10.0 Å². The highest BCUT2D eigenvalue weighted by atomic mass is 35.5. The van der Waals surface area contributed by atoms with Gasteiger partial charge in [0.05, 0.1) is 0 Å². The zero-order valence-corrected chi connectivity index (χ0v) is 10.6. The lowest BCUT2D eigenvalue weighted by Gasteiger charge is -2.34. The van der Waals surface area contributed by atoms with E-state index in [2.05, 4.69) is 16.8 Å². The molecule has 0 aromatic carbocycles. The number of thiazole rings is 1. The highest BCUT2D eigenvalue weighted by Gasteiger charge is 2.25. The number of hydrogen-bond donors (Lipinski definition) is 1. The van der Waals surface area contributed by atoms with Crippen molar-refractivity contribution >= 4 is 28.1 Å². The molecule has 0 radical (unpaired) electrons. The minimum atomic E-state index is 0.178. The van der Waals surface area contributed by atoms with Gasteiger partial charge < -0.3 is 10.6 Å². The molecule has 2 atom stereocenters. The molecule has 1 fully saturated rings. The third-order valence-electron chi connectivity index (χ3n) is 2.64. The Labute approximate surface area is 104 Å². The summed E-state index contributed by atoms with van der Waals surface area (Å²) in [4.78, 5) is 6.80. The second kappa shape index (κ2) is 4.58. The summed E-state index contributed by atoms with van der Waals surface area (Å²) in [5.74, 6) is 0.553. The molecule has 2 rings (SSSR count). The fraction of sp³-hybridized carbons (Fsp3) is 0.600. The molecule has 0 amide bonds. The van der Waals surface area contributed by atoms with Crippen LogP contribution >= 0.6 is 22.9 Å². The number of nitrogens with two attached hydrogens (primary N) is 1. The van der Waals surface area contributed by atoms with Crippen LogP contribution in [0.25, 0.3) is 0 Å². The number of anilines is 1. The Morgan fingerprint density at radius 2 is 2.38 bits per heavy atom. The van der Waals surface area contributed by atoms with E-state index in [0.717, 1.165) is 24.6 Å². The maximum atomic E-state index is 8.83. The third kappa shape index (κ3) is 2.29. The van der Waals surface area contributed by atoms with E-state index in [4.69, 9.17) is 22.6 Å². The van der Waals surface area contributed by atoms with Crippen LogP contribution in [0.5, 0.6) is 0 Å². The van der Waals surface area contributed by atoms with Crippen LogP contribution in [0.15, 0.2) is 0 Å². The van der Waals surface area contributed by atoms with Gasteiger partial charge in [0, 0.05) is 19.1 Å². The van der Waals surface area contributed by atoms with E-state index in [0.29, 0.717) is 15.9 Å². The second-order valence-corrected chi connectivity index (χ2v) is 5.57. The van der Waals surface area contributed by atoms with E-state index in [1.54, 1.807) is 0 Å². The van der Waals surface area contributed by atoms with Crippen molar-refractivity contribution in [1.29, 1.82) is 5.26 Å². The number of piperidine rings is 1. The van der Waals surface area contributed by atoms with Gasteiger partial charge in [-0.05, 0) is 12.3 Å². The molecule has 1 aromatic rings. The van der Waals surface area contributed by atoms with Crippen molar-refractivity contribution in [2.24, 2.45) is 11.7 Å². The van der Waals surface area contributed by atoms with Gasteiger partial charge in [-0.3, -0.25) is 0 Å². The summed E-state index contributed by atoms with van der Waals surface area (Å²) < 4.78 is 0. The van der Waals surface area contributed by atoms with Crippen molar-refractivity contribution in [3.8, 4) is 6.07 Å². The summed E-state index contributed by atoms with van der Waals surface area (Å²) in [6.07, 6.45) is 1.04. The topological polar surface area (TPSA) is 65.9 Å². The fourth-order valence-electron chi connectivity index (χ4n) is 2.05. The smallest absolute Gasteiger partial charge is 0.188 e. The summed E-state index contributed by atoms with van der Waals surface area (Å²) in [5, 5.41) is 9.94. The predicted octanol–water partition coefficient (Wildman–Crippen LogP) is 1.84. The van der Waals surface area contributed by atoms with E-state index < -0.39 is 0 Å². The molecule has 16 heavy (non-hydrogen) atoms. The van der Waals surface area contributed by atoms with Gasteiger partial charge in [-0.2, -0.15) is 5.26 Å². The van der Waals surface area contributed by atoms with Crippen LogP contribution in [-0.2, 0) is 0 Å². The number of aromatic nitrogens is 1. The third-order valence-corrected chi connectivity index (χ3v) is 4.05. The lowest BCUT2D eigenvalue weighted by atomic mass is 9.97. The average Bonchev–Trinajstić information content (AvgIpc) is 2.58. The first-order chi connectivity index (χ1) is 7.60. The van der Waals surface area contributed by atoms with Gasteiger partial charge in [0.25, 0.3) is 0 Å². The van der Waals surface area contributed by atoms with E-state index in [1.807, 2.05) is 6.07 Å². The Balaban J connectivity index is 2.20. The van der Waals surface area contributed by atoms with E-state index >= 15 is 0 Å². The predicted molar refractivity (Wildman–Crippen MR) is 65.8 cm³/mol. The monoisotopic (exact) mass is 256 g/mol. The molecule has 1 aromatic heterocycles. The first-order valence-electron chi connectivity index (χ1n) is 5.17. The van der Waals surface area contributed by atoms with Gasteiger partial charge in [0.2, 0.25) is 0 Å². The SMILES string of the molecule is CC1CC(N)CN(c2nc(Cl)c(C#N)s2)C1. The number of nitriles is 1. The quantitative estimate of drug-likeness (QED) is 0.833. The molecule has 0 bridgehead atoms. The van der Waals surface area contributed by atoms with Crippen molar-refractivity contribution in [1.82, 2.24) is 4.98 Å². The lowest BCUT2D eigenvalue weighted by molar-refractivity contribution is 0.401. The molecule has 86 valence electrons. The minimum absolute atomic E-state index is 0.178. The molecule has 1 aliphatic rings. The van der Waals surface area contributed by atoms with Crippen molar-refractivity contribution in [2.75, 3.05) is 18.0 Å². The normalized spacial score (nSPS) is 25.5. The van der Waals surface area contributed by atoms with Gasteiger partial charge >= 0.3 is 0 Å². The molecular formula is C10H13ClN4S. The molecule has 6 heteroatoms. The largest absolute Gasteiger partial charge is 0.346 e. The summed E-state index contributed by atoms with van der Waals surface area (Å²) in [7, 11) is 0. The first-order valence-corrected chi connectivity index (χ1v) is 6.36. The van der Waals surface area contributed by atoms with Crippen LogP contribution in [0, 0.1) is 17.2 Å². The molecule has 2 N–H and O–H groups in total. The Hall–Kier alpha value is -0.830. The average molecular weight is 257 g/mol. The van der Waals surface area contributed by atoms with Crippen LogP contribution in [0.2, 0.25) is 5.15 Å². The zero-order valence-electron chi connectivity index (χ0n) is 8.98. The van der Waals surface area contributed by atoms with Crippen LogP contribution in [-0.4, -0.2) is 24.1 Å². The number of halogens is 1. The minimum Gasteiger partial charge on any atom is -0.346 e. The highest BCUT2D eigenvalue weighted by molar-refractivity contribution is 7.16. The Morgan fingerprint density at radius 1 is 1.62 bits per heavy atom. The van der Waals surface area contributed by atoms with Crippen LogP contribution in [0.4, 0.5) is 5.13 Å². The van der Waals surface area contributed by atoms with Gasteiger partial charge in [-0.1, -0.05) is 29.9 Å². The van der Waals surface area contributed by atoms with Gasteiger partial charge in [-0.15, -0.1) is 0 Å². The number of hydrogen-bond acceptors (Lipinski definition) is 5. The van der Waals surface area contributed by atoms with E-state index in [-0.39, 0.29) is 6.04 Å². The van der Waals surface area contributed by atoms with Crippen LogP contribution in [0.1, 0.15) is 18.2 Å². The number of rotatable bonds is 1. The van der Waals surface area contributed by atoms with E-state index in [1.165, 1.54) is 11.3 Å². The van der Waals surface area contributed by atoms with Crippen molar-refractivity contribution < 1.29 is 0 Å². The maximum Gasteiger partial charge on any atom is 0.188 e. The first kappa shape index (κ1) is 11.6. The zero-order chi connectivity index (χ0) is 11.7. The summed E-state index contributed by atoms with van der Waals surface area (Å²) in [6.45, 7) is 3.90. The Morgan fingerprint density at radius 3 is 2.94 bits per heavy atom.